The number of rotatable bonds is 4. The average molecular weight is 251 g/mol. The molecular formula is C6H9N3O4S2. The highest BCUT2D eigenvalue weighted by atomic mass is 32.2. The quantitative estimate of drug-likeness (QED) is 0.677. The third kappa shape index (κ3) is 3.55. The van der Waals surface area contributed by atoms with Gasteiger partial charge in [-0.1, -0.05) is 0 Å². The fourth-order valence-electron chi connectivity index (χ4n) is 0.882. The van der Waals surface area contributed by atoms with Crippen molar-refractivity contribution in [1.29, 1.82) is 0 Å². The molecule has 7 nitrogen and oxygen atoms in total. The minimum Gasteiger partial charge on any atom is -0.476 e. The molecule has 1 aromatic heterocycles. The van der Waals surface area contributed by atoms with Crippen LogP contribution in [0.4, 0.5) is 0 Å². The summed E-state index contributed by atoms with van der Waals surface area (Å²) in [6.45, 7) is 1.52. The number of thiazole rings is 1. The summed E-state index contributed by atoms with van der Waals surface area (Å²) in [5.41, 5.74) is -0.113. The van der Waals surface area contributed by atoms with Crippen molar-refractivity contribution in [1.82, 2.24) is 9.71 Å². The Morgan fingerprint density at radius 2 is 2.33 bits per heavy atom. The largest absolute Gasteiger partial charge is 0.476 e. The molecule has 0 aromatic carbocycles. The Balaban J connectivity index is 2.83. The summed E-state index contributed by atoms with van der Waals surface area (Å²) in [4.78, 5) is 14.2. The first-order valence-electron chi connectivity index (χ1n) is 3.78. The Morgan fingerprint density at radius 1 is 1.73 bits per heavy atom. The Bertz CT molecular complexity index is 466. The number of nitrogens with one attached hydrogen (secondary N) is 1. The van der Waals surface area contributed by atoms with E-state index in [1.807, 2.05) is 0 Å². The summed E-state index contributed by atoms with van der Waals surface area (Å²) >= 11 is 1.05. The summed E-state index contributed by atoms with van der Waals surface area (Å²) in [6, 6.07) is -0.641. The van der Waals surface area contributed by atoms with Gasteiger partial charge in [-0.25, -0.2) is 14.9 Å². The number of carboxylic acids is 1. The molecule has 0 fully saturated rings. The topological polar surface area (TPSA) is 122 Å². The average Bonchev–Trinajstić information content (AvgIpc) is 2.47. The molecule has 1 unspecified atom stereocenters. The van der Waals surface area contributed by atoms with Crippen LogP contribution in [0.3, 0.4) is 0 Å². The number of aromatic carboxylic acids is 1. The van der Waals surface area contributed by atoms with E-state index in [1.165, 1.54) is 12.3 Å². The van der Waals surface area contributed by atoms with Gasteiger partial charge in [-0.15, -0.1) is 11.3 Å². The summed E-state index contributed by atoms with van der Waals surface area (Å²) in [5.74, 6) is -1.15. The monoisotopic (exact) mass is 251 g/mol. The van der Waals surface area contributed by atoms with Gasteiger partial charge in [0.1, 0.15) is 5.01 Å². The molecule has 0 spiro atoms. The van der Waals surface area contributed by atoms with Gasteiger partial charge < -0.3 is 5.11 Å². The highest BCUT2D eigenvalue weighted by molar-refractivity contribution is 7.87. The van der Waals surface area contributed by atoms with Crippen LogP contribution in [-0.2, 0) is 10.2 Å². The third-order valence-corrected chi connectivity index (χ3v) is 3.16. The molecule has 1 rings (SSSR count). The molecule has 0 aliphatic heterocycles. The molecule has 0 amide bonds. The maximum Gasteiger partial charge on any atom is 0.355 e. The van der Waals surface area contributed by atoms with Crippen molar-refractivity contribution < 1.29 is 18.3 Å². The molecule has 0 aliphatic rings. The zero-order valence-electron chi connectivity index (χ0n) is 7.67. The predicted molar refractivity (Wildman–Crippen MR) is 53.7 cm³/mol. The van der Waals surface area contributed by atoms with Gasteiger partial charge in [0.25, 0.3) is 10.2 Å². The molecule has 1 aromatic rings. The van der Waals surface area contributed by atoms with E-state index >= 15 is 0 Å². The summed E-state index contributed by atoms with van der Waals surface area (Å²) in [7, 11) is -3.81. The molecule has 9 heteroatoms. The van der Waals surface area contributed by atoms with Crippen molar-refractivity contribution in [3.8, 4) is 0 Å². The first-order valence-corrected chi connectivity index (χ1v) is 6.21. The lowest BCUT2D eigenvalue weighted by atomic mass is 10.4. The van der Waals surface area contributed by atoms with E-state index in [0.29, 0.717) is 5.01 Å². The molecule has 0 saturated carbocycles. The highest BCUT2D eigenvalue weighted by Crippen LogP contribution is 2.18. The summed E-state index contributed by atoms with van der Waals surface area (Å²) < 4.78 is 23.5. The Labute approximate surface area is 90.1 Å². The molecule has 4 N–H and O–H groups in total. The number of nitrogens with zero attached hydrogens (tertiary/aromatic N) is 1. The van der Waals surface area contributed by atoms with E-state index in [-0.39, 0.29) is 5.69 Å². The Kier molecular flexibility index (Phi) is 3.39. The maximum atomic E-state index is 10.7. The minimum atomic E-state index is -3.81. The maximum absolute atomic E-state index is 10.7. The normalized spacial score (nSPS) is 13.7. The van der Waals surface area contributed by atoms with Gasteiger partial charge in [-0.05, 0) is 6.92 Å². The smallest absolute Gasteiger partial charge is 0.355 e. The molecule has 0 bridgehead atoms. The second-order valence-electron chi connectivity index (χ2n) is 2.76. The predicted octanol–water partition coefficient (Wildman–Crippen LogP) is -0.305. The summed E-state index contributed by atoms with van der Waals surface area (Å²) in [5, 5.41) is 15.0. The van der Waals surface area contributed by atoms with Crippen molar-refractivity contribution in [2.45, 2.75) is 13.0 Å². The van der Waals surface area contributed by atoms with Crippen LogP contribution in [0.25, 0.3) is 0 Å². The Morgan fingerprint density at radius 3 is 2.73 bits per heavy atom. The molecule has 0 saturated heterocycles. The van der Waals surface area contributed by atoms with E-state index in [4.69, 9.17) is 10.2 Å². The van der Waals surface area contributed by atoms with Crippen LogP contribution in [0.2, 0.25) is 0 Å². The van der Waals surface area contributed by atoms with Gasteiger partial charge in [-0.3, -0.25) is 0 Å². The zero-order chi connectivity index (χ0) is 11.6. The first-order chi connectivity index (χ1) is 6.79. The van der Waals surface area contributed by atoms with E-state index < -0.39 is 22.2 Å². The second-order valence-corrected chi connectivity index (χ2v) is 4.98. The summed E-state index contributed by atoms with van der Waals surface area (Å²) in [6.07, 6.45) is 0. The van der Waals surface area contributed by atoms with E-state index in [2.05, 4.69) is 9.71 Å². The first kappa shape index (κ1) is 12.0. The van der Waals surface area contributed by atoms with Crippen LogP contribution in [0.5, 0.6) is 0 Å². The standard InChI is InChI=1S/C6H9N3O4S2/c1-3(9-15(7,12)13)5-8-4(2-14-5)6(10)11/h2-3,9H,1H3,(H,10,11)(H2,7,12,13). The number of aromatic nitrogens is 1. The molecule has 0 aliphatic carbocycles. The third-order valence-electron chi connectivity index (χ3n) is 1.45. The van der Waals surface area contributed by atoms with Crippen LogP contribution >= 0.6 is 11.3 Å². The van der Waals surface area contributed by atoms with Crippen LogP contribution in [0, 0.1) is 0 Å². The van der Waals surface area contributed by atoms with Crippen LogP contribution in [0.1, 0.15) is 28.5 Å². The number of carbonyl (C=O) groups is 1. The van der Waals surface area contributed by atoms with E-state index in [0.717, 1.165) is 11.3 Å². The minimum absolute atomic E-state index is 0.113. The van der Waals surface area contributed by atoms with Crippen molar-refractivity contribution in [3.63, 3.8) is 0 Å². The van der Waals surface area contributed by atoms with E-state index in [1.54, 1.807) is 0 Å². The SMILES string of the molecule is CC(NS(N)(=O)=O)c1nc(C(=O)O)cs1. The lowest BCUT2D eigenvalue weighted by Gasteiger charge is -2.07. The van der Waals surface area contributed by atoms with Gasteiger partial charge in [0.05, 0.1) is 6.04 Å². The zero-order valence-corrected chi connectivity index (χ0v) is 9.30. The molecule has 0 radical (unpaired) electrons. The van der Waals surface area contributed by atoms with Gasteiger partial charge in [0.2, 0.25) is 0 Å². The van der Waals surface area contributed by atoms with Gasteiger partial charge >= 0.3 is 5.97 Å². The molecule has 84 valence electrons. The number of hydrogen-bond acceptors (Lipinski definition) is 5. The van der Waals surface area contributed by atoms with Gasteiger partial charge in [0.15, 0.2) is 5.69 Å². The van der Waals surface area contributed by atoms with E-state index in [9.17, 15) is 13.2 Å². The number of hydrogen-bond donors (Lipinski definition) is 3. The van der Waals surface area contributed by atoms with Gasteiger partial charge in [0, 0.05) is 5.38 Å². The highest BCUT2D eigenvalue weighted by Gasteiger charge is 2.16. The molecular weight excluding hydrogens is 242 g/mol. The molecule has 1 atom stereocenters. The number of nitrogens with two attached hydrogens (primary N) is 1. The van der Waals surface area contributed by atoms with Gasteiger partial charge in [-0.2, -0.15) is 13.1 Å². The van der Waals surface area contributed by atoms with Crippen LogP contribution in [-0.4, -0.2) is 24.5 Å². The fraction of sp³-hybridized carbons (Fsp3) is 0.333. The van der Waals surface area contributed by atoms with Crippen LogP contribution < -0.4 is 9.86 Å². The van der Waals surface area contributed by atoms with Crippen molar-refractivity contribution in [2.75, 3.05) is 0 Å². The van der Waals surface area contributed by atoms with Crippen LogP contribution in [0.15, 0.2) is 5.38 Å². The molecule has 1 heterocycles. The van der Waals surface area contributed by atoms with Crippen molar-refractivity contribution >= 4 is 27.5 Å². The molecule has 15 heavy (non-hydrogen) atoms. The van der Waals surface area contributed by atoms with Crippen molar-refractivity contribution in [3.05, 3.63) is 16.1 Å². The Hall–Kier alpha value is -1.03. The number of carboxylic acid groups (broad SMARTS) is 1. The second kappa shape index (κ2) is 4.23. The van der Waals surface area contributed by atoms with Crippen molar-refractivity contribution in [2.24, 2.45) is 5.14 Å². The fourth-order valence-corrected chi connectivity index (χ4v) is 2.36. The lowest BCUT2D eigenvalue weighted by Crippen LogP contribution is -2.32. The lowest BCUT2D eigenvalue weighted by molar-refractivity contribution is 0.0691.